The summed E-state index contributed by atoms with van der Waals surface area (Å²) in [5, 5.41) is 10.2. The Hall–Kier alpha value is -0.840. The zero-order valence-electron chi connectivity index (χ0n) is 7.72. The summed E-state index contributed by atoms with van der Waals surface area (Å²) in [5.74, 6) is -0.0743. The Morgan fingerprint density at radius 2 is 2.50 bits per heavy atom. The van der Waals surface area contributed by atoms with Gasteiger partial charge in [-0.2, -0.15) is 5.10 Å². The number of rotatable bonds is 4. The minimum atomic E-state index is -0.0743. The quantitative estimate of drug-likeness (QED) is 0.800. The number of H-pyrrole nitrogens is 1. The van der Waals surface area contributed by atoms with Gasteiger partial charge in [-0.25, -0.2) is 0 Å². The lowest BCUT2D eigenvalue weighted by Crippen LogP contribution is -2.31. The summed E-state index contributed by atoms with van der Waals surface area (Å²) in [4.78, 5) is 11.5. The van der Waals surface area contributed by atoms with Crippen LogP contribution in [0.3, 0.4) is 0 Å². The molecule has 2 N–H and O–H groups in total. The van der Waals surface area contributed by atoms with Crippen molar-refractivity contribution in [3.63, 3.8) is 0 Å². The first kappa shape index (κ1) is 9.71. The molecular formula is C9H12BrN3O. The van der Waals surface area contributed by atoms with Gasteiger partial charge in [-0.1, -0.05) is 15.9 Å². The van der Waals surface area contributed by atoms with Crippen molar-refractivity contribution < 1.29 is 4.79 Å². The summed E-state index contributed by atoms with van der Waals surface area (Å²) in [5.41, 5.74) is 0.839. The number of carbonyl (C=O) groups is 1. The summed E-state index contributed by atoms with van der Waals surface area (Å²) in [6, 6.07) is 1.67. The molecule has 1 aromatic heterocycles. The van der Waals surface area contributed by atoms with E-state index in [9.17, 15) is 4.79 Å². The van der Waals surface area contributed by atoms with Crippen LogP contribution >= 0.6 is 15.9 Å². The monoisotopic (exact) mass is 257 g/mol. The maximum absolute atomic E-state index is 11.5. The first-order chi connectivity index (χ1) is 6.76. The Morgan fingerprint density at radius 1 is 1.71 bits per heavy atom. The molecule has 1 fully saturated rings. The Kier molecular flexibility index (Phi) is 2.58. The number of halogens is 1. The van der Waals surface area contributed by atoms with Crippen LogP contribution in [0.25, 0.3) is 0 Å². The third-order valence-electron chi connectivity index (χ3n) is 2.61. The minimum Gasteiger partial charge on any atom is -0.350 e. The molecule has 0 saturated heterocycles. The third kappa shape index (κ3) is 1.97. The zero-order chi connectivity index (χ0) is 10.0. The molecule has 0 aliphatic heterocycles. The van der Waals surface area contributed by atoms with Gasteiger partial charge in [-0.3, -0.25) is 9.89 Å². The molecule has 1 amide bonds. The standard InChI is InChI=1S/C9H12BrN3O/c10-5-9(2-3-9)6-11-8(14)7-1-4-12-13-7/h1,4H,2-3,5-6H2,(H,11,14)(H,12,13). The van der Waals surface area contributed by atoms with E-state index < -0.39 is 0 Å². The number of aromatic amines is 1. The number of aromatic nitrogens is 2. The van der Waals surface area contributed by atoms with Gasteiger partial charge in [0.15, 0.2) is 0 Å². The molecule has 1 aliphatic carbocycles. The predicted octanol–water partition coefficient (Wildman–Crippen LogP) is 1.31. The number of nitrogens with one attached hydrogen (secondary N) is 2. The number of nitrogens with zero attached hydrogens (tertiary/aromatic N) is 1. The van der Waals surface area contributed by atoms with E-state index >= 15 is 0 Å². The normalized spacial score (nSPS) is 17.8. The lowest BCUT2D eigenvalue weighted by molar-refractivity contribution is 0.0941. The van der Waals surface area contributed by atoms with Crippen LogP contribution in [0.2, 0.25) is 0 Å². The van der Waals surface area contributed by atoms with Crippen molar-refractivity contribution in [1.82, 2.24) is 15.5 Å². The molecule has 0 atom stereocenters. The second-order valence-electron chi connectivity index (χ2n) is 3.79. The van der Waals surface area contributed by atoms with E-state index in [4.69, 9.17) is 0 Å². The molecular weight excluding hydrogens is 246 g/mol. The van der Waals surface area contributed by atoms with Gasteiger partial charge in [0.05, 0.1) is 0 Å². The van der Waals surface area contributed by atoms with E-state index in [2.05, 4.69) is 31.4 Å². The van der Waals surface area contributed by atoms with Crippen LogP contribution in [-0.4, -0.2) is 28.0 Å². The first-order valence-corrected chi connectivity index (χ1v) is 5.71. The number of amides is 1. The number of hydrogen-bond acceptors (Lipinski definition) is 2. The largest absolute Gasteiger partial charge is 0.350 e. The van der Waals surface area contributed by atoms with Crippen molar-refractivity contribution in [2.45, 2.75) is 12.8 Å². The smallest absolute Gasteiger partial charge is 0.269 e. The zero-order valence-corrected chi connectivity index (χ0v) is 9.30. The Bertz CT molecular complexity index is 319. The topological polar surface area (TPSA) is 57.8 Å². The summed E-state index contributed by atoms with van der Waals surface area (Å²) in [7, 11) is 0. The van der Waals surface area contributed by atoms with E-state index in [1.807, 2.05) is 0 Å². The van der Waals surface area contributed by atoms with E-state index in [0.29, 0.717) is 11.1 Å². The van der Waals surface area contributed by atoms with Crippen LogP contribution in [0.1, 0.15) is 23.3 Å². The van der Waals surface area contributed by atoms with Crippen LogP contribution < -0.4 is 5.32 Å². The Balaban J connectivity index is 1.84. The van der Waals surface area contributed by atoms with Crippen LogP contribution in [0.5, 0.6) is 0 Å². The fourth-order valence-corrected chi connectivity index (χ4v) is 2.04. The van der Waals surface area contributed by atoms with E-state index in [0.717, 1.165) is 11.9 Å². The van der Waals surface area contributed by atoms with Gasteiger partial charge in [0.2, 0.25) is 0 Å². The second kappa shape index (κ2) is 3.73. The molecule has 1 aliphatic rings. The molecule has 1 heterocycles. The number of carbonyl (C=O) groups excluding carboxylic acids is 1. The number of hydrogen-bond donors (Lipinski definition) is 2. The van der Waals surface area contributed by atoms with Crippen LogP contribution in [0.4, 0.5) is 0 Å². The van der Waals surface area contributed by atoms with Crippen molar-refractivity contribution in [1.29, 1.82) is 0 Å². The molecule has 1 aromatic rings. The second-order valence-corrected chi connectivity index (χ2v) is 4.35. The SMILES string of the molecule is O=C(NCC1(CBr)CC1)c1ccn[nH]1. The van der Waals surface area contributed by atoms with Gasteiger partial charge in [-0.05, 0) is 24.3 Å². The van der Waals surface area contributed by atoms with Crippen molar-refractivity contribution in [3.8, 4) is 0 Å². The highest BCUT2D eigenvalue weighted by Gasteiger charge is 2.41. The summed E-state index contributed by atoms with van der Waals surface area (Å²) >= 11 is 3.46. The van der Waals surface area contributed by atoms with Crippen molar-refractivity contribution in [3.05, 3.63) is 18.0 Å². The van der Waals surface area contributed by atoms with E-state index in [1.54, 1.807) is 12.3 Å². The molecule has 0 bridgehead atoms. The molecule has 14 heavy (non-hydrogen) atoms. The third-order valence-corrected chi connectivity index (χ3v) is 3.80. The van der Waals surface area contributed by atoms with E-state index in [1.165, 1.54) is 12.8 Å². The highest BCUT2D eigenvalue weighted by Crippen LogP contribution is 2.46. The summed E-state index contributed by atoms with van der Waals surface area (Å²) in [6.45, 7) is 0.746. The Morgan fingerprint density at radius 3 is 3.00 bits per heavy atom. The van der Waals surface area contributed by atoms with Crippen molar-refractivity contribution >= 4 is 21.8 Å². The molecule has 1 saturated carbocycles. The first-order valence-electron chi connectivity index (χ1n) is 4.59. The maximum Gasteiger partial charge on any atom is 0.269 e. The molecule has 5 heteroatoms. The molecule has 0 spiro atoms. The van der Waals surface area contributed by atoms with E-state index in [-0.39, 0.29) is 5.91 Å². The van der Waals surface area contributed by atoms with Gasteiger partial charge in [-0.15, -0.1) is 0 Å². The molecule has 4 nitrogen and oxygen atoms in total. The minimum absolute atomic E-state index is 0.0743. The molecule has 0 unspecified atom stereocenters. The van der Waals surface area contributed by atoms with Gasteiger partial charge in [0.1, 0.15) is 5.69 Å². The van der Waals surface area contributed by atoms with Gasteiger partial charge >= 0.3 is 0 Å². The molecule has 76 valence electrons. The van der Waals surface area contributed by atoms with Gasteiger partial charge < -0.3 is 5.32 Å². The lowest BCUT2D eigenvalue weighted by atomic mass is 10.1. The highest BCUT2D eigenvalue weighted by molar-refractivity contribution is 9.09. The van der Waals surface area contributed by atoms with Crippen LogP contribution in [0.15, 0.2) is 12.3 Å². The molecule has 0 radical (unpaired) electrons. The average molecular weight is 258 g/mol. The predicted molar refractivity (Wildman–Crippen MR) is 56.4 cm³/mol. The Labute approximate surface area is 90.6 Å². The molecule has 0 aromatic carbocycles. The maximum atomic E-state index is 11.5. The average Bonchev–Trinajstić information content (AvgIpc) is 2.78. The fourth-order valence-electron chi connectivity index (χ4n) is 1.28. The van der Waals surface area contributed by atoms with Crippen molar-refractivity contribution in [2.75, 3.05) is 11.9 Å². The van der Waals surface area contributed by atoms with Crippen LogP contribution in [-0.2, 0) is 0 Å². The summed E-state index contributed by atoms with van der Waals surface area (Å²) in [6.07, 6.45) is 3.97. The number of alkyl halides is 1. The lowest BCUT2D eigenvalue weighted by Gasteiger charge is -2.11. The summed E-state index contributed by atoms with van der Waals surface area (Å²) < 4.78 is 0. The van der Waals surface area contributed by atoms with Crippen LogP contribution in [0, 0.1) is 5.41 Å². The van der Waals surface area contributed by atoms with Gasteiger partial charge in [0, 0.05) is 18.1 Å². The fraction of sp³-hybridized carbons (Fsp3) is 0.556. The van der Waals surface area contributed by atoms with Gasteiger partial charge in [0.25, 0.3) is 5.91 Å². The highest BCUT2D eigenvalue weighted by atomic mass is 79.9. The molecule has 2 rings (SSSR count). The van der Waals surface area contributed by atoms with Crippen molar-refractivity contribution in [2.24, 2.45) is 5.41 Å².